The van der Waals surface area contributed by atoms with Crippen LogP contribution in [0.15, 0.2) is 48.7 Å². The van der Waals surface area contributed by atoms with Gasteiger partial charge in [-0.25, -0.2) is 4.98 Å². The summed E-state index contributed by atoms with van der Waals surface area (Å²) in [5.41, 5.74) is 0.946. The average Bonchev–Trinajstić information content (AvgIpc) is 2.92. The average molecular weight is 298 g/mol. The number of fused-ring (bicyclic) bond motifs is 1. The number of nitrogens with zero attached hydrogens (tertiary/aromatic N) is 1. The summed E-state index contributed by atoms with van der Waals surface area (Å²) >= 11 is 1.68. The number of benzene rings is 2. The Morgan fingerprint density at radius 1 is 1.19 bits per heavy atom. The second-order valence-electron chi connectivity index (χ2n) is 5.10. The molecule has 2 N–H and O–H groups in total. The molecule has 0 spiro atoms. The molecule has 1 unspecified atom stereocenters. The van der Waals surface area contributed by atoms with Crippen LogP contribution < -0.4 is 5.32 Å². The summed E-state index contributed by atoms with van der Waals surface area (Å²) in [6, 6.07) is 14.3. The van der Waals surface area contributed by atoms with Crippen LogP contribution in [-0.4, -0.2) is 16.6 Å². The van der Waals surface area contributed by atoms with Gasteiger partial charge < -0.3 is 10.4 Å². The Morgan fingerprint density at radius 3 is 2.76 bits per heavy atom. The minimum Gasteiger partial charge on any atom is -0.387 e. The zero-order chi connectivity index (χ0) is 14.7. The molecule has 0 saturated carbocycles. The van der Waals surface area contributed by atoms with Crippen LogP contribution in [0.1, 0.15) is 21.6 Å². The van der Waals surface area contributed by atoms with Gasteiger partial charge in [-0.05, 0) is 29.3 Å². The predicted molar refractivity (Wildman–Crippen MR) is 87.5 cm³/mol. The third kappa shape index (κ3) is 3.47. The van der Waals surface area contributed by atoms with Crippen LogP contribution in [0, 0.1) is 6.92 Å². The minimum atomic E-state index is -0.497. The van der Waals surface area contributed by atoms with E-state index in [1.54, 1.807) is 11.3 Å². The number of hydrogen-bond donors (Lipinski definition) is 2. The lowest BCUT2D eigenvalue weighted by molar-refractivity contribution is 0.174. The highest BCUT2D eigenvalue weighted by Crippen LogP contribution is 2.20. The molecule has 3 rings (SSSR count). The topological polar surface area (TPSA) is 45.2 Å². The molecular weight excluding hydrogens is 280 g/mol. The second kappa shape index (κ2) is 6.35. The summed E-state index contributed by atoms with van der Waals surface area (Å²) in [4.78, 5) is 5.42. The van der Waals surface area contributed by atoms with Crippen molar-refractivity contribution in [3.8, 4) is 0 Å². The molecule has 3 nitrogen and oxygen atoms in total. The summed E-state index contributed by atoms with van der Waals surface area (Å²) in [5.74, 6) is 0. The molecule has 1 heterocycles. The standard InChI is InChI=1S/C17H18N2OS/c1-12-19-10-16(21-12)9-18-11-17(20)15-7-6-13-4-2-3-5-14(13)8-15/h2-8,10,17-18,20H,9,11H2,1H3. The predicted octanol–water partition coefficient (Wildman–Crippen LogP) is 3.43. The molecule has 1 aromatic heterocycles. The summed E-state index contributed by atoms with van der Waals surface area (Å²) in [5, 5.41) is 17.0. The molecule has 0 saturated heterocycles. The zero-order valence-corrected chi connectivity index (χ0v) is 12.7. The molecule has 0 amide bonds. The van der Waals surface area contributed by atoms with Crippen molar-refractivity contribution < 1.29 is 5.11 Å². The second-order valence-corrected chi connectivity index (χ2v) is 6.42. The number of aliphatic hydroxyl groups excluding tert-OH is 1. The van der Waals surface area contributed by atoms with Gasteiger partial charge in [0.25, 0.3) is 0 Å². The molecule has 0 aliphatic carbocycles. The number of aromatic nitrogens is 1. The smallest absolute Gasteiger partial charge is 0.0914 e. The number of aliphatic hydroxyl groups is 1. The van der Waals surface area contributed by atoms with Gasteiger partial charge in [0.15, 0.2) is 0 Å². The molecule has 1 atom stereocenters. The summed E-state index contributed by atoms with van der Waals surface area (Å²) in [7, 11) is 0. The van der Waals surface area contributed by atoms with Crippen LogP contribution >= 0.6 is 11.3 Å². The lowest BCUT2D eigenvalue weighted by atomic mass is 10.0. The lowest BCUT2D eigenvalue weighted by Crippen LogP contribution is -2.20. The van der Waals surface area contributed by atoms with Gasteiger partial charge in [0.1, 0.15) is 0 Å². The van der Waals surface area contributed by atoms with E-state index in [2.05, 4.69) is 34.6 Å². The van der Waals surface area contributed by atoms with E-state index in [4.69, 9.17) is 0 Å². The van der Waals surface area contributed by atoms with Gasteiger partial charge in [-0.1, -0.05) is 36.4 Å². The first-order valence-corrected chi connectivity index (χ1v) is 7.83. The van der Waals surface area contributed by atoms with Crippen LogP contribution in [0.4, 0.5) is 0 Å². The van der Waals surface area contributed by atoms with E-state index < -0.39 is 6.10 Å². The Morgan fingerprint density at radius 2 is 2.00 bits per heavy atom. The van der Waals surface area contributed by atoms with E-state index in [-0.39, 0.29) is 0 Å². The molecule has 4 heteroatoms. The maximum atomic E-state index is 10.3. The largest absolute Gasteiger partial charge is 0.387 e. The van der Waals surface area contributed by atoms with Gasteiger partial charge in [-0.2, -0.15) is 0 Å². The van der Waals surface area contributed by atoms with E-state index in [0.717, 1.165) is 22.5 Å². The van der Waals surface area contributed by atoms with Gasteiger partial charge in [-0.15, -0.1) is 11.3 Å². The van der Waals surface area contributed by atoms with Crippen LogP contribution in [0.2, 0.25) is 0 Å². The first-order chi connectivity index (χ1) is 10.2. The van der Waals surface area contributed by atoms with E-state index in [1.807, 2.05) is 31.3 Å². The monoisotopic (exact) mass is 298 g/mol. The van der Waals surface area contributed by atoms with Gasteiger partial charge in [0, 0.05) is 24.2 Å². The van der Waals surface area contributed by atoms with Crippen molar-refractivity contribution in [2.45, 2.75) is 19.6 Å². The summed E-state index contributed by atoms with van der Waals surface area (Å²) in [6.45, 7) is 3.28. The van der Waals surface area contributed by atoms with Crippen molar-refractivity contribution in [1.29, 1.82) is 0 Å². The van der Waals surface area contributed by atoms with Crippen molar-refractivity contribution in [1.82, 2.24) is 10.3 Å². The van der Waals surface area contributed by atoms with Crippen LogP contribution in [0.3, 0.4) is 0 Å². The van der Waals surface area contributed by atoms with Crippen molar-refractivity contribution in [2.24, 2.45) is 0 Å². The highest BCUT2D eigenvalue weighted by Gasteiger charge is 2.08. The van der Waals surface area contributed by atoms with Gasteiger partial charge >= 0.3 is 0 Å². The Hall–Kier alpha value is -1.75. The van der Waals surface area contributed by atoms with Crippen molar-refractivity contribution in [3.63, 3.8) is 0 Å². The highest BCUT2D eigenvalue weighted by atomic mass is 32.1. The van der Waals surface area contributed by atoms with Crippen LogP contribution in [-0.2, 0) is 6.54 Å². The summed E-state index contributed by atoms with van der Waals surface area (Å²) < 4.78 is 0. The fourth-order valence-electron chi connectivity index (χ4n) is 2.35. The maximum Gasteiger partial charge on any atom is 0.0914 e. The van der Waals surface area contributed by atoms with E-state index >= 15 is 0 Å². The molecule has 0 aliphatic heterocycles. The maximum absolute atomic E-state index is 10.3. The Kier molecular flexibility index (Phi) is 4.29. The molecule has 0 aliphatic rings. The van der Waals surface area contributed by atoms with Crippen LogP contribution in [0.5, 0.6) is 0 Å². The van der Waals surface area contributed by atoms with E-state index in [0.29, 0.717) is 6.54 Å². The Bertz CT molecular complexity index is 738. The minimum absolute atomic E-state index is 0.497. The van der Waals surface area contributed by atoms with Crippen molar-refractivity contribution in [3.05, 3.63) is 64.1 Å². The normalized spacial score (nSPS) is 12.7. The number of nitrogens with one attached hydrogen (secondary N) is 1. The molecule has 0 radical (unpaired) electrons. The molecule has 2 aromatic carbocycles. The van der Waals surface area contributed by atoms with Gasteiger partial charge in [-0.3, -0.25) is 0 Å². The van der Waals surface area contributed by atoms with E-state index in [1.165, 1.54) is 10.3 Å². The first-order valence-electron chi connectivity index (χ1n) is 7.01. The fraction of sp³-hybridized carbons (Fsp3) is 0.235. The molecule has 21 heavy (non-hydrogen) atoms. The van der Waals surface area contributed by atoms with Crippen LogP contribution in [0.25, 0.3) is 10.8 Å². The lowest BCUT2D eigenvalue weighted by Gasteiger charge is -2.12. The molecule has 0 bridgehead atoms. The number of aryl methyl sites for hydroxylation is 1. The molecule has 108 valence electrons. The number of thiazole rings is 1. The number of rotatable bonds is 5. The van der Waals surface area contributed by atoms with Crippen molar-refractivity contribution in [2.75, 3.05) is 6.54 Å². The molecular formula is C17H18N2OS. The quantitative estimate of drug-likeness (QED) is 0.758. The summed E-state index contributed by atoms with van der Waals surface area (Å²) in [6.07, 6.45) is 1.39. The fourth-order valence-corrected chi connectivity index (χ4v) is 3.12. The highest BCUT2D eigenvalue weighted by molar-refractivity contribution is 7.11. The Balaban J connectivity index is 1.62. The molecule has 0 fully saturated rings. The van der Waals surface area contributed by atoms with E-state index in [9.17, 15) is 5.11 Å². The van der Waals surface area contributed by atoms with Crippen molar-refractivity contribution >= 4 is 22.1 Å². The van der Waals surface area contributed by atoms with Gasteiger partial charge in [0.2, 0.25) is 0 Å². The third-order valence-corrected chi connectivity index (χ3v) is 4.38. The SMILES string of the molecule is Cc1ncc(CNCC(O)c2ccc3ccccc3c2)s1. The Labute approximate surface area is 128 Å². The van der Waals surface area contributed by atoms with Gasteiger partial charge in [0.05, 0.1) is 11.1 Å². The number of hydrogen-bond acceptors (Lipinski definition) is 4. The first kappa shape index (κ1) is 14.2. The zero-order valence-electron chi connectivity index (χ0n) is 11.9. The third-order valence-electron chi connectivity index (χ3n) is 3.46. The molecule has 3 aromatic rings.